The minimum atomic E-state index is -2.68. The zero-order chi connectivity index (χ0) is 19.0. The molecule has 0 heterocycles. The maximum Gasteiger partial charge on any atom is 0.500 e. The molecule has 0 amide bonds. The maximum absolute atomic E-state index is 10.8. The minimum Gasteiger partial charge on any atom is -0.478 e. The molecule has 0 aliphatic heterocycles. The molecule has 6 heteroatoms. The predicted octanol–water partition coefficient (Wildman–Crippen LogP) is 5.19. The van der Waals surface area contributed by atoms with E-state index in [9.17, 15) is 4.79 Å². The summed E-state index contributed by atoms with van der Waals surface area (Å²) in [7, 11) is -2.68. The highest BCUT2D eigenvalue weighted by molar-refractivity contribution is 6.60. The Morgan fingerprint density at radius 3 is 1.64 bits per heavy atom. The van der Waals surface area contributed by atoms with Crippen molar-refractivity contribution in [2.75, 3.05) is 19.8 Å². The van der Waals surface area contributed by atoms with Crippen molar-refractivity contribution in [1.82, 2.24) is 0 Å². The van der Waals surface area contributed by atoms with Gasteiger partial charge in [0.1, 0.15) is 0 Å². The van der Waals surface area contributed by atoms with Crippen LogP contribution in [0.25, 0.3) is 0 Å². The van der Waals surface area contributed by atoms with Gasteiger partial charge in [0, 0.05) is 31.4 Å². The van der Waals surface area contributed by atoms with E-state index >= 15 is 0 Å². The summed E-state index contributed by atoms with van der Waals surface area (Å²) < 4.78 is 18.5. The summed E-state index contributed by atoms with van der Waals surface area (Å²) >= 11 is 0. The summed E-state index contributed by atoms with van der Waals surface area (Å²) in [6, 6.07) is 0.747. The van der Waals surface area contributed by atoms with Gasteiger partial charge in [0.2, 0.25) is 0 Å². The van der Waals surface area contributed by atoms with Gasteiger partial charge >= 0.3 is 14.8 Å². The average Bonchev–Trinajstić information content (AvgIpc) is 2.59. The molecule has 0 unspecified atom stereocenters. The van der Waals surface area contributed by atoms with Gasteiger partial charge in [0.05, 0.1) is 0 Å². The number of carbonyl (C=O) groups is 1. The molecule has 0 aliphatic carbocycles. The van der Waals surface area contributed by atoms with Crippen LogP contribution < -0.4 is 0 Å². The maximum atomic E-state index is 10.8. The molecular weight excluding hydrogens is 336 g/mol. The second-order valence-corrected chi connectivity index (χ2v) is 9.14. The number of rotatable bonds is 18. The van der Waals surface area contributed by atoms with E-state index in [1.165, 1.54) is 0 Å². The van der Waals surface area contributed by atoms with E-state index in [0.717, 1.165) is 57.4 Å². The summed E-state index contributed by atoms with van der Waals surface area (Å²) in [6.45, 7) is 12.0. The molecule has 0 aliphatic rings. The first kappa shape index (κ1) is 24.3. The normalized spacial score (nSPS) is 11.6. The largest absolute Gasteiger partial charge is 0.500 e. The van der Waals surface area contributed by atoms with Gasteiger partial charge in [0.15, 0.2) is 0 Å². The van der Waals surface area contributed by atoms with Gasteiger partial charge < -0.3 is 18.4 Å². The molecule has 0 aromatic rings. The van der Waals surface area contributed by atoms with E-state index in [1.807, 2.05) is 0 Å². The highest BCUT2D eigenvalue weighted by atomic mass is 28.4. The SMILES string of the molecule is C=C(CCCC[Si](OCCCC)(OCCCC)OCCCC)C(=O)O. The van der Waals surface area contributed by atoms with Crippen LogP contribution in [0.3, 0.4) is 0 Å². The van der Waals surface area contributed by atoms with Gasteiger partial charge in [-0.1, -0.05) is 46.6 Å². The number of hydrogen-bond donors (Lipinski definition) is 1. The Morgan fingerprint density at radius 1 is 0.840 bits per heavy atom. The van der Waals surface area contributed by atoms with E-state index in [4.69, 9.17) is 18.4 Å². The molecule has 0 aromatic carbocycles. The van der Waals surface area contributed by atoms with Crippen molar-refractivity contribution in [3.8, 4) is 0 Å². The van der Waals surface area contributed by atoms with Crippen LogP contribution in [0.5, 0.6) is 0 Å². The Bertz CT molecular complexity index is 333. The number of aliphatic carboxylic acids is 1. The van der Waals surface area contributed by atoms with Crippen molar-refractivity contribution >= 4 is 14.8 Å². The Kier molecular flexibility index (Phi) is 15.1. The lowest BCUT2D eigenvalue weighted by Crippen LogP contribution is -2.46. The third-order valence-electron chi connectivity index (χ3n) is 3.97. The van der Waals surface area contributed by atoms with Crippen LogP contribution in [0, 0.1) is 0 Å². The fraction of sp³-hybridized carbons (Fsp3) is 0.842. The van der Waals surface area contributed by atoms with Crippen molar-refractivity contribution in [3.63, 3.8) is 0 Å². The monoisotopic (exact) mass is 374 g/mol. The topological polar surface area (TPSA) is 65.0 Å². The van der Waals surface area contributed by atoms with E-state index in [-0.39, 0.29) is 5.57 Å². The molecule has 0 bridgehead atoms. The number of unbranched alkanes of at least 4 members (excludes halogenated alkanes) is 4. The summed E-state index contributed by atoms with van der Waals surface area (Å²) in [6.07, 6.45) is 8.33. The molecule has 0 fully saturated rings. The van der Waals surface area contributed by atoms with Crippen LogP contribution in [0.1, 0.15) is 78.6 Å². The number of hydrogen-bond acceptors (Lipinski definition) is 4. The van der Waals surface area contributed by atoms with Crippen molar-refractivity contribution in [1.29, 1.82) is 0 Å². The summed E-state index contributed by atoms with van der Waals surface area (Å²) in [4.78, 5) is 10.8. The lowest BCUT2D eigenvalue weighted by Gasteiger charge is -2.30. The van der Waals surface area contributed by atoms with Gasteiger partial charge in [0.25, 0.3) is 0 Å². The molecule has 148 valence electrons. The number of carboxylic acids is 1. The zero-order valence-corrected chi connectivity index (χ0v) is 17.5. The van der Waals surface area contributed by atoms with Gasteiger partial charge in [-0.3, -0.25) is 0 Å². The van der Waals surface area contributed by atoms with Crippen LogP contribution >= 0.6 is 0 Å². The first-order chi connectivity index (χ1) is 12.0. The molecule has 0 atom stereocenters. The Morgan fingerprint density at radius 2 is 1.28 bits per heavy atom. The first-order valence-corrected chi connectivity index (χ1v) is 11.8. The van der Waals surface area contributed by atoms with Gasteiger partial charge in [-0.15, -0.1) is 0 Å². The molecular formula is C19H38O5Si. The quantitative estimate of drug-likeness (QED) is 0.203. The van der Waals surface area contributed by atoms with E-state index in [1.54, 1.807) is 0 Å². The summed E-state index contributed by atoms with van der Waals surface area (Å²) in [5, 5.41) is 8.91. The molecule has 0 saturated heterocycles. The molecule has 0 radical (unpaired) electrons. The second kappa shape index (κ2) is 15.6. The molecule has 0 rings (SSSR count). The van der Waals surface area contributed by atoms with Crippen LogP contribution in [0.4, 0.5) is 0 Å². The van der Waals surface area contributed by atoms with Crippen LogP contribution in [0.15, 0.2) is 12.2 Å². The van der Waals surface area contributed by atoms with Crippen LogP contribution in [-0.2, 0) is 18.1 Å². The second-order valence-electron chi connectivity index (χ2n) is 6.40. The lowest BCUT2D eigenvalue weighted by atomic mass is 10.1. The predicted molar refractivity (Wildman–Crippen MR) is 104 cm³/mol. The lowest BCUT2D eigenvalue weighted by molar-refractivity contribution is -0.132. The highest BCUT2D eigenvalue weighted by Crippen LogP contribution is 2.22. The van der Waals surface area contributed by atoms with Gasteiger partial charge in [-0.25, -0.2) is 4.79 Å². The van der Waals surface area contributed by atoms with Gasteiger partial charge in [-0.2, -0.15) is 0 Å². The summed E-state index contributed by atoms with van der Waals surface area (Å²) in [5.41, 5.74) is 0.262. The van der Waals surface area contributed by atoms with Crippen LogP contribution in [0.2, 0.25) is 6.04 Å². The van der Waals surface area contributed by atoms with Crippen molar-refractivity contribution in [2.45, 2.75) is 84.6 Å². The summed E-state index contributed by atoms with van der Waals surface area (Å²) in [5.74, 6) is -0.916. The smallest absolute Gasteiger partial charge is 0.478 e. The van der Waals surface area contributed by atoms with E-state index in [2.05, 4.69) is 27.4 Å². The average molecular weight is 375 g/mol. The minimum absolute atomic E-state index is 0.262. The Labute approximate surface area is 155 Å². The van der Waals surface area contributed by atoms with Crippen molar-refractivity contribution in [2.24, 2.45) is 0 Å². The third kappa shape index (κ3) is 12.3. The number of carboxylic acid groups (broad SMARTS) is 1. The molecule has 0 saturated carbocycles. The first-order valence-electron chi connectivity index (χ1n) is 9.84. The van der Waals surface area contributed by atoms with Crippen molar-refractivity contribution < 1.29 is 23.2 Å². The van der Waals surface area contributed by atoms with E-state index in [0.29, 0.717) is 26.2 Å². The molecule has 0 aromatic heterocycles. The standard InChI is InChI=1S/C19H38O5Si/c1-5-8-14-22-25(23-15-9-6-2,24-16-10-7-3)17-12-11-13-18(4)19(20)21/h4-17H2,1-3H3,(H,20,21). The fourth-order valence-corrected chi connectivity index (χ4v) is 4.98. The molecule has 25 heavy (non-hydrogen) atoms. The Hall–Kier alpha value is -0.693. The Balaban J connectivity index is 4.68. The van der Waals surface area contributed by atoms with Crippen LogP contribution in [-0.4, -0.2) is 39.7 Å². The zero-order valence-electron chi connectivity index (χ0n) is 16.5. The van der Waals surface area contributed by atoms with Gasteiger partial charge in [-0.05, 0) is 38.5 Å². The molecule has 0 spiro atoms. The highest BCUT2D eigenvalue weighted by Gasteiger charge is 2.40. The molecule has 5 nitrogen and oxygen atoms in total. The molecule has 1 N–H and O–H groups in total. The fourth-order valence-electron chi connectivity index (χ4n) is 2.24. The van der Waals surface area contributed by atoms with Crippen molar-refractivity contribution in [3.05, 3.63) is 12.2 Å². The third-order valence-corrected chi connectivity index (χ3v) is 6.87. The van der Waals surface area contributed by atoms with E-state index < -0.39 is 14.8 Å².